The number of benzene rings is 2. The van der Waals surface area contributed by atoms with Crippen molar-refractivity contribution in [2.24, 2.45) is 0 Å². The number of carbonyl (C=O) groups excluding carboxylic acids is 1. The Labute approximate surface area is 171 Å². The maximum Gasteiger partial charge on any atom is 0.253 e. The largest absolute Gasteiger partial charge is 0.416 e. The molecule has 0 saturated heterocycles. The Hall–Kier alpha value is -2.95. The Bertz CT molecular complexity index is 953. The third kappa shape index (κ3) is 4.39. The van der Waals surface area contributed by atoms with Gasteiger partial charge in [-0.25, -0.2) is 0 Å². The van der Waals surface area contributed by atoms with Crippen molar-refractivity contribution in [3.05, 3.63) is 59.7 Å². The van der Waals surface area contributed by atoms with Crippen molar-refractivity contribution in [3.8, 4) is 22.9 Å². The highest BCUT2D eigenvalue weighted by molar-refractivity contribution is 5.94. The van der Waals surface area contributed by atoms with Crippen LogP contribution in [0.25, 0.3) is 22.9 Å². The maximum absolute atomic E-state index is 12.9. The van der Waals surface area contributed by atoms with E-state index in [-0.39, 0.29) is 5.91 Å². The molecule has 0 unspecified atom stereocenters. The van der Waals surface area contributed by atoms with Gasteiger partial charge in [-0.2, -0.15) is 0 Å². The highest BCUT2D eigenvalue weighted by Gasteiger charge is 2.22. The number of hydrogen-bond acceptors (Lipinski definition) is 4. The third-order valence-corrected chi connectivity index (χ3v) is 5.80. The number of amides is 1. The Balaban J connectivity index is 1.47. The number of rotatable bonds is 4. The van der Waals surface area contributed by atoms with Gasteiger partial charge in [0.05, 0.1) is 0 Å². The standard InChI is InChI=1S/C24H27N3O2/c1-17-9-11-18(12-10-17)22-25-26-23(29-22)19-13-15-20(16-14-19)24(28)27(2)21-7-5-3-4-6-8-21/h9-16,21H,3-8H2,1-2H3. The fraction of sp³-hybridized carbons (Fsp3) is 0.375. The van der Waals surface area contributed by atoms with E-state index in [9.17, 15) is 4.79 Å². The molecule has 1 amide bonds. The van der Waals surface area contributed by atoms with Crippen LogP contribution in [0, 0.1) is 6.92 Å². The van der Waals surface area contributed by atoms with Crippen LogP contribution in [-0.4, -0.2) is 34.1 Å². The van der Waals surface area contributed by atoms with Crippen LogP contribution in [0.4, 0.5) is 0 Å². The van der Waals surface area contributed by atoms with Gasteiger partial charge in [-0.05, 0) is 56.2 Å². The molecule has 5 nitrogen and oxygen atoms in total. The van der Waals surface area contributed by atoms with E-state index in [2.05, 4.69) is 10.2 Å². The van der Waals surface area contributed by atoms with Crippen molar-refractivity contribution in [1.29, 1.82) is 0 Å². The molecule has 29 heavy (non-hydrogen) atoms. The lowest BCUT2D eigenvalue weighted by molar-refractivity contribution is 0.0717. The summed E-state index contributed by atoms with van der Waals surface area (Å²) < 4.78 is 5.83. The average Bonchev–Trinajstić information content (AvgIpc) is 3.08. The quantitative estimate of drug-likeness (QED) is 0.552. The van der Waals surface area contributed by atoms with Crippen LogP contribution in [0.1, 0.15) is 54.4 Å². The van der Waals surface area contributed by atoms with Crippen LogP contribution in [-0.2, 0) is 0 Å². The topological polar surface area (TPSA) is 59.2 Å². The summed E-state index contributed by atoms with van der Waals surface area (Å²) >= 11 is 0. The summed E-state index contributed by atoms with van der Waals surface area (Å²) in [5, 5.41) is 8.32. The van der Waals surface area contributed by atoms with Crippen molar-refractivity contribution in [2.45, 2.75) is 51.5 Å². The Morgan fingerprint density at radius 2 is 1.38 bits per heavy atom. The second kappa shape index (κ2) is 8.60. The van der Waals surface area contributed by atoms with E-state index in [0.717, 1.165) is 24.0 Å². The maximum atomic E-state index is 12.9. The summed E-state index contributed by atoms with van der Waals surface area (Å²) in [7, 11) is 1.93. The van der Waals surface area contributed by atoms with Crippen LogP contribution in [0.15, 0.2) is 52.9 Å². The first-order valence-electron chi connectivity index (χ1n) is 10.4. The van der Waals surface area contributed by atoms with Crippen LogP contribution >= 0.6 is 0 Å². The van der Waals surface area contributed by atoms with Gasteiger partial charge in [0.2, 0.25) is 11.8 Å². The molecule has 0 aliphatic heterocycles. The summed E-state index contributed by atoms with van der Waals surface area (Å²) in [4.78, 5) is 14.8. The Morgan fingerprint density at radius 3 is 1.93 bits per heavy atom. The summed E-state index contributed by atoms with van der Waals surface area (Å²) in [6, 6.07) is 15.8. The van der Waals surface area contributed by atoms with E-state index in [1.807, 2.05) is 67.4 Å². The van der Waals surface area contributed by atoms with Gasteiger partial charge >= 0.3 is 0 Å². The van der Waals surface area contributed by atoms with E-state index in [1.54, 1.807) is 0 Å². The summed E-state index contributed by atoms with van der Waals surface area (Å²) in [5.41, 5.74) is 3.58. The molecule has 1 heterocycles. The molecule has 150 valence electrons. The van der Waals surface area contributed by atoms with Crippen molar-refractivity contribution in [1.82, 2.24) is 15.1 Å². The molecular formula is C24H27N3O2. The van der Waals surface area contributed by atoms with Gasteiger partial charge in [-0.3, -0.25) is 4.79 Å². The molecule has 0 spiro atoms. The van der Waals surface area contributed by atoms with Crippen LogP contribution in [0.5, 0.6) is 0 Å². The minimum absolute atomic E-state index is 0.0781. The molecule has 1 fully saturated rings. The highest BCUT2D eigenvalue weighted by atomic mass is 16.4. The predicted molar refractivity (Wildman–Crippen MR) is 113 cm³/mol. The van der Waals surface area contributed by atoms with Gasteiger partial charge < -0.3 is 9.32 Å². The fourth-order valence-corrected chi connectivity index (χ4v) is 3.92. The minimum atomic E-state index is 0.0781. The first-order valence-corrected chi connectivity index (χ1v) is 10.4. The number of nitrogens with zero attached hydrogens (tertiary/aromatic N) is 3. The van der Waals surface area contributed by atoms with Crippen LogP contribution < -0.4 is 0 Å². The lowest BCUT2D eigenvalue weighted by Crippen LogP contribution is -2.36. The van der Waals surface area contributed by atoms with Crippen molar-refractivity contribution < 1.29 is 9.21 Å². The van der Waals surface area contributed by atoms with Crippen molar-refractivity contribution in [3.63, 3.8) is 0 Å². The molecule has 1 aromatic heterocycles. The number of aryl methyl sites for hydroxylation is 1. The first-order chi connectivity index (χ1) is 14.1. The second-order valence-corrected chi connectivity index (χ2v) is 7.92. The number of carbonyl (C=O) groups is 1. The molecule has 2 aromatic carbocycles. The SMILES string of the molecule is Cc1ccc(-c2nnc(-c3ccc(C(=O)N(C)C4CCCCCC4)cc3)o2)cc1. The number of aromatic nitrogens is 2. The molecule has 1 aliphatic carbocycles. The molecule has 0 N–H and O–H groups in total. The van der Waals surface area contributed by atoms with E-state index in [0.29, 0.717) is 23.4 Å². The molecule has 0 bridgehead atoms. The lowest BCUT2D eigenvalue weighted by atomic mass is 10.1. The van der Waals surface area contributed by atoms with Crippen LogP contribution in [0.3, 0.4) is 0 Å². The van der Waals surface area contributed by atoms with E-state index in [1.165, 1.54) is 31.2 Å². The predicted octanol–water partition coefficient (Wildman–Crippen LogP) is 5.51. The summed E-state index contributed by atoms with van der Waals surface area (Å²) in [6.07, 6.45) is 7.18. The third-order valence-electron chi connectivity index (χ3n) is 5.80. The van der Waals surface area contributed by atoms with Gasteiger partial charge in [0.25, 0.3) is 5.91 Å². The van der Waals surface area contributed by atoms with Crippen LogP contribution in [0.2, 0.25) is 0 Å². The van der Waals surface area contributed by atoms with Crippen molar-refractivity contribution >= 4 is 5.91 Å². The van der Waals surface area contributed by atoms with Gasteiger partial charge in [-0.1, -0.05) is 43.4 Å². The first kappa shape index (κ1) is 19.4. The molecule has 1 aliphatic rings. The average molecular weight is 389 g/mol. The zero-order chi connectivity index (χ0) is 20.2. The minimum Gasteiger partial charge on any atom is -0.416 e. The highest BCUT2D eigenvalue weighted by Crippen LogP contribution is 2.26. The van der Waals surface area contributed by atoms with Gasteiger partial charge in [-0.15, -0.1) is 10.2 Å². The molecule has 5 heteroatoms. The fourth-order valence-electron chi connectivity index (χ4n) is 3.92. The monoisotopic (exact) mass is 389 g/mol. The summed E-state index contributed by atoms with van der Waals surface area (Å²) in [6.45, 7) is 2.04. The molecular weight excluding hydrogens is 362 g/mol. The Morgan fingerprint density at radius 1 is 0.862 bits per heavy atom. The van der Waals surface area contributed by atoms with E-state index >= 15 is 0 Å². The van der Waals surface area contributed by atoms with E-state index in [4.69, 9.17) is 4.42 Å². The van der Waals surface area contributed by atoms with Gasteiger partial charge in [0, 0.05) is 29.8 Å². The Kier molecular flexibility index (Phi) is 5.74. The smallest absolute Gasteiger partial charge is 0.253 e. The molecule has 3 aromatic rings. The molecule has 0 radical (unpaired) electrons. The van der Waals surface area contributed by atoms with Gasteiger partial charge in [0.1, 0.15) is 0 Å². The second-order valence-electron chi connectivity index (χ2n) is 7.92. The normalized spacial score (nSPS) is 15.1. The molecule has 0 atom stereocenters. The lowest BCUT2D eigenvalue weighted by Gasteiger charge is -2.27. The zero-order valence-electron chi connectivity index (χ0n) is 17.1. The summed E-state index contributed by atoms with van der Waals surface area (Å²) in [5.74, 6) is 1.03. The van der Waals surface area contributed by atoms with E-state index < -0.39 is 0 Å². The molecule has 4 rings (SSSR count). The number of hydrogen-bond donors (Lipinski definition) is 0. The zero-order valence-corrected chi connectivity index (χ0v) is 17.1. The van der Waals surface area contributed by atoms with Gasteiger partial charge in [0.15, 0.2) is 0 Å². The molecule has 1 saturated carbocycles. The van der Waals surface area contributed by atoms with Crippen molar-refractivity contribution in [2.75, 3.05) is 7.05 Å².